The Morgan fingerprint density at radius 2 is 2.09 bits per heavy atom. The summed E-state index contributed by atoms with van der Waals surface area (Å²) in [5.74, 6) is -0.325. The van der Waals surface area contributed by atoms with E-state index >= 15 is 0 Å². The zero-order valence-electron chi connectivity index (χ0n) is 14.7. The van der Waals surface area contributed by atoms with Crippen molar-refractivity contribution >= 4 is 22.6 Å². The third kappa shape index (κ3) is 3.33. The summed E-state index contributed by atoms with van der Waals surface area (Å²) in [6, 6.07) is 0.100. The van der Waals surface area contributed by atoms with E-state index in [-0.39, 0.29) is 17.4 Å². The van der Waals surface area contributed by atoms with Crippen LogP contribution in [0.4, 0.5) is 0 Å². The zero-order chi connectivity index (χ0) is 17.4. The Bertz CT molecular complexity index is 644. The maximum atomic E-state index is 12.1. The Balaban J connectivity index is 2.52. The van der Waals surface area contributed by atoms with Crippen LogP contribution in [0.2, 0.25) is 0 Å². The molecule has 0 spiro atoms. The van der Waals surface area contributed by atoms with Crippen LogP contribution in [0.25, 0.3) is 5.03 Å². The van der Waals surface area contributed by atoms with Crippen LogP contribution in [0, 0.1) is 12.3 Å². The largest absolute Gasteiger partial charge is 0.461 e. The number of nitrogens with two attached hydrogens (primary N) is 1. The van der Waals surface area contributed by atoms with E-state index < -0.39 is 0 Å². The second-order valence-electron chi connectivity index (χ2n) is 6.92. The number of hydrogen-bond donors (Lipinski definition) is 2. The fourth-order valence-corrected chi connectivity index (χ4v) is 3.85. The molecule has 2 rings (SSSR count). The highest BCUT2D eigenvalue weighted by Gasteiger charge is 2.36. The van der Waals surface area contributed by atoms with Gasteiger partial charge in [0.1, 0.15) is 5.69 Å². The highest BCUT2D eigenvalue weighted by atomic mass is 35.5. The van der Waals surface area contributed by atoms with Crippen molar-refractivity contribution in [1.29, 1.82) is 0 Å². The van der Waals surface area contributed by atoms with E-state index in [1.54, 1.807) is 6.92 Å². The van der Waals surface area contributed by atoms with Crippen LogP contribution in [0.15, 0.2) is 5.57 Å². The number of hydrogen-bond acceptors (Lipinski definition) is 3. The van der Waals surface area contributed by atoms with Gasteiger partial charge in [0.05, 0.1) is 6.61 Å². The number of carbonyl (C=O) groups is 1. The van der Waals surface area contributed by atoms with Crippen molar-refractivity contribution in [3.63, 3.8) is 0 Å². The molecule has 1 aromatic rings. The molecule has 1 aliphatic rings. The number of nitrogens with one attached hydrogen (secondary N) is 1. The third-order valence-corrected chi connectivity index (χ3v) is 5.14. The molecule has 0 fully saturated rings. The normalized spacial score (nSPS) is 17.9. The van der Waals surface area contributed by atoms with E-state index in [0.717, 1.165) is 41.1 Å². The highest BCUT2D eigenvalue weighted by molar-refractivity contribution is 6.50. The molecule has 0 radical (unpaired) electrons. The average Bonchev–Trinajstić information content (AvgIpc) is 2.79. The van der Waals surface area contributed by atoms with Crippen molar-refractivity contribution in [1.82, 2.24) is 4.98 Å². The predicted molar refractivity (Wildman–Crippen MR) is 94.6 cm³/mol. The van der Waals surface area contributed by atoms with Gasteiger partial charge >= 0.3 is 5.97 Å². The summed E-state index contributed by atoms with van der Waals surface area (Å²) in [5, 5.41) is 0.740. The van der Waals surface area contributed by atoms with Gasteiger partial charge in [-0.3, -0.25) is 0 Å². The Hall–Kier alpha value is -1.26. The van der Waals surface area contributed by atoms with Crippen LogP contribution in [-0.2, 0) is 11.2 Å². The Morgan fingerprint density at radius 3 is 2.65 bits per heavy atom. The average molecular weight is 339 g/mol. The first-order valence-electron chi connectivity index (χ1n) is 8.26. The van der Waals surface area contributed by atoms with Gasteiger partial charge in [-0.15, -0.1) is 0 Å². The summed E-state index contributed by atoms with van der Waals surface area (Å²) in [6.45, 7) is 10.5. The van der Waals surface area contributed by atoms with Gasteiger partial charge in [-0.2, -0.15) is 0 Å². The first-order valence-corrected chi connectivity index (χ1v) is 8.64. The minimum atomic E-state index is -0.325. The summed E-state index contributed by atoms with van der Waals surface area (Å²) >= 11 is 6.75. The molecule has 128 valence electrons. The molecule has 1 heterocycles. The van der Waals surface area contributed by atoms with Gasteiger partial charge in [0, 0.05) is 22.3 Å². The van der Waals surface area contributed by atoms with Crippen molar-refractivity contribution in [3.8, 4) is 0 Å². The molecule has 1 unspecified atom stereocenters. The van der Waals surface area contributed by atoms with Gasteiger partial charge in [0.2, 0.25) is 0 Å². The van der Waals surface area contributed by atoms with E-state index in [1.807, 2.05) is 6.92 Å². The number of rotatable bonds is 5. The van der Waals surface area contributed by atoms with Crippen molar-refractivity contribution in [3.05, 3.63) is 28.1 Å². The first-order chi connectivity index (χ1) is 10.7. The van der Waals surface area contributed by atoms with E-state index in [2.05, 4.69) is 25.8 Å². The van der Waals surface area contributed by atoms with Gasteiger partial charge in [-0.25, -0.2) is 4.79 Å². The van der Waals surface area contributed by atoms with Gasteiger partial charge in [-0.1, -0.05) is 32.4 Å². The molecule has 23 heavy (non-hydrogen) atoms. The number of esters is 1. The van der Waals surface area contributed by atoms with Crippen molar-refractivity contribution in [2.24, 2.45) is 11.1 Å². The number of carbonyl (C=O) groups excluding carboxylic acids is 1. The van der Waals surface area contributed by atoms with E-state index in [1.165, 1.54) is 5.57 Å². The number of fused-ring (bicyclic) bond motifs is 1. The minimum Gasteiger partial charge on any atom is -0.461 e. The standard InChI is InChI=1S/C18H27ClN2O2/c1-6-11(20)8-12-15(19)14-10(3)16(17(22)23-7-2)21-13(14)9-18(12,4)5/h11,21H,6-9,20H2,1-5H3. The number of aromatic nitrogens is 1. The summed E-state index contributed by atoms with van der Waals surface area (Å²) in [5.41, 5.74) is 10.6. The molecule has 0 saturated heterocycles. The van der Waals surface area contributed by atoms with Crippen LogP contribution < -0.4 is 5.73 Å². The van der Waals surface area contributed by atoms with Crippen LogP contribution >= 0.6 is 11.6 Å². The molecule has 0 aromatic carbocycles. The van der Waals surface area contributed by atoms with E-state index in [0.29, 0.717) is 12.3 Å². The molecular formula is C18H27ClN2O2. The van der Waals surface area contributed by atoms with Crippen LogP contribution in [0.1, 0.15) is 67.8 Å². The zero-order valence-corrected chi connectivity index (χ0v) is 15.4. The summed E-state index contributed by atoms with van der Waals surface area (Å²) < 4.78 is 5.13. The van der Waals surface area contributed by atoms with E-state index in [4.69, 9.17) is 22.1 Å². The van der Waals surface area contributed by atoms with Gasteiger partial charge < -0.3 is 15.5 Å². The van der Waals surface area contributed by atoms with Crippen LogP contribution in [-0.4, -0.2) is 23.6 Å². The molecule has 5 heteroatoms. The van der Waals surface area contributed by atoms with Crippen LogP contribution in [0.3, 0.4) is 0 Å². The second kappa shape index (κ2) is 6.70. The maximum absolute atomic E-state index is 12.1. The molecule has 1 aromatic heterocycles. The number of halogens is 1. The molecule has 1 atom stereocenters. The first kappa shape index (κ1) is 18.1. The fourth-order valence-electron chi connectivity index (χ4n) is 3.26. The summed E-state index contributed by atoms with van der Waals surface area (Å²) in [7, 11) is 0. The molecule has 1 aliphatic carbocycles. The molecule has 4 nitrogen and oxygen atoms in total. The Morgan fingerprint density at radius 1 is 1.43 bits per heavy atom. The Labute approximate surface area is 143 Å². The van der Waals surface area contributed by atoms with Crippen molar-refractivity contribution < 1.29 is 9.53 Å². The Kier molecular flexibility index (Phi) is 5.27. The number of aromatic amines is 1. The SMILES string of the molecule is CCOC(=O)c1[nH]c2c(c1C)C(Cl)=C(CC(N)CC)C(C)(C)C2. The van der Waals surface area contributed by atoms with Crippen molar-refractivity contribution in [2.75, 3.05) is 6.61 Å². The smallest absolute Gasteiger partial charge is 0.355 e. The second-order valence-corrected chi connectivity index (χ2v) is 7.30. The lowest BCUT2D eigenvalue weighted by Gasteiger charge is -2.35. The molecular weight excluding hydrogens is 312 g/mol. The fraction of sp³-hybridized carbons (Fsp3) is 0.611. The summed E-state index contributed by atoms with van der Waals surface area (Å²) in [4.78, 5) is 15.4. The van der Waals surface area contributed by atoms with Gasteiger partial charge in [-0.05, 0) is 49.7 Å². The lowest BCUT2D eigenvalue weighted by molar-refractivity contribution is 0.0519. The van der Waals surface area contributed by atoms with Crippen LogP contribution in [0.5, 0.6) is 0 Å². The highest BCUT2D eigenvalue weighted by Crippen LogP contribution is 2.47. The van der Waals surface area contributed by atoms with E-state index in [9.17, 15) is 4.79 Å². The minimum absolute atomic E-state index is 0.0832. The van der Waals surface area contributed by atoms with Gasteiger partial charge in [0.15, 0.2) is 0 Å². The lowest BCUT2D eigenvalue weighted by Crippen LogP contribution is -2.29. The monoisotopic (exact) mass is 338 g/mol. The molecule has 0 amide bonds. The van der Waals surface area contributed by atoms with Gasteiger partial charge in [0.25, 0.3) is 0 Å². The predicted octanol–water partition coefficient (Wildman–Crippen LogP) is 4.16. The maximum Gasteiger partial charge on any atom is 0.355 e. The lowest BCUT2D eigenvalue weighted by atomic mass is 9.72. The summed E-state index contributed by atoms with van der Waals surface area (Å²) in [6.07, 6.45) is 2.50. The number of ether oxygens (including phenoxy) is 1. The molecule has 0 bridgehead atoms. The van der Waals surface area contributed by atoms with Crippen molar-refractivity contribution in [2.45, 2.75) is 59.9 Å². The molecule has 0 aliphatic heterocycles. The molecule has 3 N–H and O–H groups in total. The quantitative estimate of drug-likeness (QED) is 0.792. The third-order valence-electron chi connectivity index (χ3n) is 4.72. The molecule has 0 saturated carbocycles. The number of H-pyrrole nitrogens is 1. The topological polar surface area (TPSA) is 68.1 Å².